The van der Waals surface area contributed by atoms with Gasteiger partial charge in [0.2, 0.25) is 0 Å². The van der Waals surface area contributed by atoms with Gasteiger partial charge >= 0.3 is 6.09 Å². The van der Waals surface area contributed by atoms with Gasteiger partial charge in [-0.2, -0.15) is 0 Å². The number of rotatable bonds is 2. The summed E-state index contributed by atoms with van der Waals surface area (Å²) in [6, 6.07) is 9.78. The summed E-state index contributed by atoms with van der Waals surface area (Å²) in [5, 5.41) is 2.64. The second kappa shape index (κ2) is 5.66. The molecule has 0 radical (unpaired) electrons. The first kappa shape index (κ1) is 14.2. The van der Waals surface area contributed by atoms with E-state index in [9.17, 15) is 9.59 Å². The fourth-order valence-corrected chi connectivity index (χ4v) is 3.72. The summed E-state index contributed by atoms with van der Waals surface area (Å²) in [4.78, 5) is 32.1. The van der Waals surface area contributed by atoms with Gasteiger partial charge in [0.1, 0.15) is 17.3 Å². The lowest BCUT2D eigenvalue weighted by atomic mass is 10.2. The van der Waals surface area contributed by atoms with Gasteiger partial charge in [-0.25, -0.2) is 9.78 Å². The molecular formula is C16H15N3O3S. The van der Waals surface area contributed by atoms with Crippen molar-refractivity contribution in [2.24, 2.45) is 0 Å². The van der Waals surface area contributed by atoms with Crippen molar-refractivity contribution >= 4 is 23.3 Å². The lowest BCUT2D eigenvalue weighted by Crippen LogP contribution is -2.53. The number of thiazole rings is 1. The van der Waals surface area contributed by atoms with E-state index in [1.807, 2.05) is 30.3 Å². The molecule has 2 amide bonds. The lowest BCUT2D eigenvalue weighted by molar-refractivity contribution is 0.0612. The number of benzene rings is 1. The Morgan fingerprint density at radius 2 is 2.09 bits per heavy atom. The quantitative estimate of drug-likeness (QED) is 0.846. The number of carbonyl (C=O) groups is 2. The minimum absolute atomic E-state index is 0.0348. The zero-order valence-electron chi connectivity index (χ0n) is 12.3. The van der Waals surface area contributed by atoms with Gasteiger partial charge in [0.25, 0.3) is 5.91 Å². The van der Waals surface area contributed by atoms with Gasteiger partial charge in [0.05, 0.1) is 6.04 Å². The predicted octanol–water partition coefficient (Wildman–Crippen LogP) is 2.09. The van der Waals surface area contributed by atoms with Gasteiger partial charge in [-0.05, 0) is 0 Å². The maximum atomic E-state index is 12.6. The third-order valence-corrected chi connectivity index (χ3v) is 5.04. The van der Waals surface area contributed by atoms with E-state index in [-0.39, 0.29) is 18.0 Å². The van der Waals surface area contributed by atoms with Gasteiger partial charge in [0.15, 0.2) is 0 Å². The molecule has 118 valence electrons. The summed E-state index contributed by atoms with van der Waals surface area (Å²) in [6.45, 7) is 1.89. The zero-order chi connectivity index (χ0) is 15.8. The first-order valence-corrected chi connectivity index (χ1v) is 8.34. The highest BCUT2D eigenvalue weighted by atomic mass is 32.1. The topological polar surface area (TPSA) is 62.7 Å². The first-order valence-electron chi connectivity index (χ1n) is 7.46. The van der Waals surface area contributed by atoms with Crippen molar-refractivity contribution in [2.75, 3.05) is 26.2 Å². The Balaban J connectivity index is 1.50. The second-order valence-corrected chi connectivity index (χ2v) is 6.44. The number of nitrogens with zero attached hydrogens (tertiary/aromatic N) is 3. The van der Waals surface area contributed by atoms with E-state index in [2.05, 4.69) is 4.98 Å². The van der Waals surface area contributed by atoms with Crippen LogP contribution in [0.1, 0.15) is 10.5 Å². The van der Waals surface area contributed by atoms with Crippen LogP contribution in [-0.2, 0) is 4.74 Å². The Kier molecular flexibility index (Phi) is 3.49. The SMILES string of the molecule is O=C(c1csc(-c2ccccc2)n1)N1CCN2C(=O)OCC2C1. The second-order valence-electron chi connectivity index (χ2n) is 5.58. The fourth-order valence-electron chi connectivity index (χ4n) is 2.92. The van der Waals surface area contributed by atoms with Crippen molar-refractivity contribution in [1.82, 2.24) is 14.8 Å². The molecule has 1 aromatic heterocycles. The van der Waals surface area contributed by atoms with Gasteiger partial charge in [-0.3, -0.25) is 9.69 Å². The Labute approximate surface area is 137 Å². The van der Waals surface area contributed by atoms with Crippen LogP contribution in [-0.4, -0.2) is 59.1 Å². The number of piperazine rings is 1. The van der Waals surface area contributed by atoms with E-state index in [0.29, 0.717) is 31.9 Å². The fraction of sp³-hybridized carbons (Fsp3) is 0.312. The predicted molar refractivity (Wildman–Crippen MR) is 85.3 cm³/mol. The number of fused-ring (bicyclic) bond motifs is 1. The van der Waals surface area contributed by atoms with Crippen LogP contribution >= 0.6 is 11.3 Å². The molecule has 2 aromatic rings. The molecule has 2 aliphatic heterocycles. The van der Waals surface area contributed by atoms with E-state index < -0.39 is 0 Å². The summed E-state index contributed by atoms with van der Waals surface area (Å²) < 4.78 is 5.03. The molecule has 1 unspecified atom stereocenters. The molecule has 2 saturated heterocycles. The van der Waals surface area contributed by atoms with Crippen LogP contribution in [0, 0.1) is 0 Å². The first-order chi connectivity index (χ1) is 11.2. The molecular weight excluding hydrogens is 314 g/mol. The molecule has 7 heteroatoms. The molecule has 1 atom stereocenters. The molecule has 1 aromatic carbocycles. The Bertz CT molecular complexity index is 746. The van der Waals surface area contributed by atoms with Crippen LogP contribution in [0.25, 0.3) is 10.6 Å². The highest BCUT2D eigenvalue weighted by molar-refractivity contribution is 7.13. The number of amides is 2. The van der Waals surface area contributed by atoms with E-state index in [1.54, 1.807) is 15.2 Å². The largest absolute Gasteiger partial charge is 0.447 e. The Morgan fingerprint density at radius 3 is 2.91 bits per heavy atom. The van der Waals surface area contributed by atoms with Crippen molar-refractivity contribution in [3.05, 3.63) is 41.4 Å². The highest BCUT2D eigenvalue weighted by Crippen LogP contribution is 2.25. The Morgan fingerprint density at radius 1 is 1.26 bits per heavy atom. The number of ether oxygens (including phenoxy) is 1. The van der Waals surface area contributed by atoms with Crippen LogP contribution in [0.15, 0.2) is 35.7 Å². The van der Waals surface area contributed by atoms with Crippen molar-refractivity contribution < 1.29 is 14.3 Å². The van der Waals surface area contributed by atoms with E-state index in [1.165, 1.54) is 11.3 Å². The molecule has 0 N–H and O–H groups in total. The number of carbonyl (C=O) groups excluding carboxylic acids is 2. The summed E-state index contributed by atoms with van der Waals surface area (Å²) in [7, 11) is 0. The van der Waals surface area contributed by atoms with Crippen molar-refractivity contribution in [3.8, 4) is 10.6 Å². The molecule has 0 aliphatic carbocycles. The minimum atomic E-state index is -0.276. The van der Waals surface area contributed by atoms with Gasteiger partial charge < -0.3 is 9.64 Å². The summed E-state index contributed by atoms with van der Waals surface area (Å²) in [5.74, 6) is -0.0811. The molecule has 2 aliphatic rings. The summed E-state index contributed by atoms with van der Waals surface area (Å²) in [6.07, 6.45) is -0.276. The van der Waals surface area contributed by atoms with Crippen LogP contribution in [0.2, 0.25) is 0 Å². The molecule has 23 heavy (non-hydrogen) atoms. The molecule has 0 spiro atoms. The van der Waals surface area contributed by atoms with Crippen LogP contribution < -0.4 is 0 Å². The molecule has 3 heterocycles. The Hall–Kier alpha value is -2.41. The number of hydrogen-bond acceptors (Lipinski definition) is 5. The smallest absolute Gasteiger partial charge is 0.410 e. The van der Waals surface area contributed by atoms with Crippen molar-refractivity contribution in [2.45, 2.75) is 6.04 Å². The summed E-state index contributed by atoms with van der Waals surface area (Å²) >= 11 is 1.47. The van der Waals surface area contributed by atoms with Crippen LogP contribution in [0.4, 0.5) is 4.79 Å². The monoisotopic (exact) mass is 329 g/mol. The van der Waals surface area contributed by atoms with Crippen molar-refractivity contribution in [3.63, 3.8) is 0 Å². The number of aromatic nitrogens is 1. The normalized spacial score (nSPS) is 20.3. The van der Waals surface area contributed by atoms with Gasteiger partial charge in [-0.1, -0.05) is 30.3 Å². The highest BCUT2D eigenvalue weighted by Gasteiger charge is 2.39. The standard InChI is InChI=1S/C16H15N3O3S/c20-15(18-6-7-19-12(8-18)9-22-16(19)21)13-10-23-14(17-13)11-4-2-1-3-5-11/h1-5,10,12H,6-9H2. The molecule has 0 saturated carbocycles. The minimum Gasteiger partial charge on any atom is -0.447 e. The maximum Gasteiger partial charge on any atom is 0.410 e. The molecule has 4 rings (SSSR count). The third kappa shape index (κ3) is 2.57. The number of hydrogen-bond donors (Lipinski definition) is 0. The van der Waals surface area contributed by atoms with Gasteiger partial charge in [0, 0.05) is 30.6 Å². The average molecular weight is 329 g/mol. The van der Waals surface area contributed by atoms with Crippen LogP contribution in [0.3, 0.4) is 0 Å². The number of cyclic esters (lactones) is 1. The zero-order valence-corrected chi connectivity index (χ0v) is 13.2. The molecule has 2 fully saturated rings. The summed E-state index contributed by atoms with van der Waals surface area (Å²) in [5.41, 5.74) is 1.48. The van der Waals surface area contributed by atoms with Crippen LogP contribution in [0.5, 0.6) is 0 Å². The molecule has 6 nitrogen and oxygen atoms in total. The van der Waals surface area contributed by atoms with E-state index >= 15 is 0 Å². The van der Waals surface area contributed by atoms with Crippen molar-refractivity contribution in [1.29, 1.82) is 0 Å². The average Bonchev–Trinajstić information content (AvgIpc) is 3.22. The van der Waals surface area contributed by atoms with E-state index in [0.717, 1.165) is 10.6 Å². The third-order valence-electron chi connectivity index (χ3n) is 4.15. The van der Waals surface area contributed by atoms with E-state index in [4.69, 9.17) is 4.74 Å². The van der Waals surface area contributed by atoms with Gasteiger partial charge in [-0.15, -0.1) is 11.3 Å². The lowest BCUT2D eigenvalue weighted by Gasteiger charge is -2.34. The molecule has 0 bridgehead atoms. The maximum absolute atomic E-state index is 12.6.